The quantitative estimate of drug-likeness (QED) is 0.742. The third-order valence-electron chi connectivity index (χ3n) is 4.42. The summed E-state index contributed by atoms with van der Waals surface area (Å²) in [7, 11) is 3.24. The topological polar surface area (TPSA) is 53.6 Å². The van der Waals surface area contributed by atoms with Crippen molar-refractivity contribution < 1.29 is 13.9 Å². The number of furan rings is 1. The van der Waals surface area contributed by atoms with Crippen molar-refractivity contribution in [2.45, 2.75) is 13.0 Å². The predicted molar refractivity (Wildman–Crippen MR) is 90.6 cm³/mol. The summed E-state index contributed by atoms with van der Waals surface area (Å²) in [5.41, 5.74) is 3.75. The number of aromatic nitrogens is 1. The summed E-state index contributed by atoms with van der Waals surface area (Å²) in [5.74, 6) is 2.04. The Labute approximate surface area is 139 Å². The molecule has 1 aliphatic rings. The summed E-state index contributed by atoms with van der Waals surface area (Å²) in [5, 5.41) is 0. The molecule has 5 heteroatoms. The molecule has 3 heterocycles. The monoisotopic (exact) mass is 323 g/mol. The van der Waals surface area contributed by atoms with Crippen molar-refractivity contribution in [3.05, 3.63) is 58.6 Å². The van der Waals surface area contributed by atoms with E-state index in [9.17, 15) is 4.79 Å². The van der Waals surface area contributed by atoms with Gasteiger partial charge in [-0.15, -0.1) is 0 Å². The lowest BCUT2D eigenvalue weighted by molar-refractivity contribution is 0.354. The first kappa shape index (κ1) is 14.6. The molecule has 0 saturated carbocycles. The highest BCUT2D eigenvalue weighted by Gasteiger charge is 2.21. The number of nitrogens with zero attached hydrogens (tertiary/aromatic N) is 1. The van der Waals surface area contributed by atoms with E-state index in [0.29, 0.717) is 23.8 Å². The van der Waals surface area contributed by atoms with Crippen molar-refractivity contribution in [2.75, 3.05) is 14.2 Å². The van der Waals surface area contributed by atoms with Crippen molar-refractivity contribution >= 4 is 0 Å². The summed E-state index contributed by atoms with van der Waals surface area (Å²) in [6.45, 7) is 0.648. The van der Waals surface area contributed by atoms with Gasteiger partial charge in [0.2, 0.25) is 0 Å². The first-order chi connectivity index (χ1) is 11.7. The molecule has 0 bridgehead atoms. The van der Waals surface area contributed by atoms with E-state index in [4.69, 9.17) is 13.9 Å². The van der Waals surface area contributed by atoms with Crippen LogP contribution in [0, 0.1) is 0 Å². The molecule has 2 aromatic heterocycles. The molecule has 3 aromatic rings. The molecule has 24 heavy (non-hydrogen) atoms. The number of hydrogen-bond acceptors (Lipinski definition) is 4. The molecule has 1 aliphatic heterocycles. The fourth-order valence-electron chi connectivity index (χ4n) is 3.23. The molecule has 0 radical (unpaired) electrons. The summed E-state index contributed by atoms with van der Waals surface area (Å²) in [6, 6.07) is 11.2. The minimum Gasteiger partial charge on any atom is -0.493 e. The first-order valence-electron chi connectivity index (χ1n) is 7.75. The largest absolute Gasteiger partial charge is 0.493 e. The predicted octanol–water partition coefficient (Wildman–Crippen LogP) is 3.35. The van der Waals surface area contributed by atoms with Gasteiger partial charge in [0.25, 0.3) is 5.56 Å². The summed E-state index contributed by atoms with van der Waals surface area (Å²) in [4.78, 5) is 12.5. The van der Waals surface area contributed by atoms with Crippen LogP contribution in [0.2, 0.25) is 0 Å². The zero-order valence-corrected chi connectivity index (χ0v) is 13.5. The van der Waals surface area contributed by atoms with Crippen molar-refractivity contribution in [2.24, 2.45) is 0 Å². The van der Waals surface area contributed by atoms with Crippen molar-refractivity contribution in [1.29, 1.82) is 0 Å². The van der Waals surface area contributed by atoms with Gasteiger partial charge in [-0.25, -0.2) is 0 Å². The molecule has 5 nitrogen and oxygen atoms in total. The zero-order valence-electron chi connectivity index (χ0n) is 13.5. The number of ether oxygens (including phenoxy) is 2. The van der Waals surface area contributed by atoms with Gasteiger partial charge in [-0.2, -0.15) is 0 Å². The molecule has 0 aliphatic carbocycles. The Kier molecular flexibility index (Phi) is 3.41. The van der Waals surface area contributed by atoms with E-state index >= 15 is 0 Å². The van der Waals surface area contributed by atoms with E-state index in [2.05, 4.69) is 0 Å². The molecule has 0 N–H and O–H groups in total. The number of fused-ring (bicyclic) bond motifs is 3. The van der Waals surface area contributed by atoms with Crippen LogP contribution in [-0.2, 0) is 13.0 Å². The highest BCUT2D eigenvalue weighted by atomic mass is 16.5. The maximum absolute atomic E-state index is 12.5. The van der Waals surface area contributed by atoms with Crippen LogP contribution in [0.25, 0.3) is 22.6 Å². The second-order valence-electron chi connectivity index (χ2n) is 5.71. The Hall–Kier alpha value is -2.95. The molecule has 1 aromatic carbocycles. The van der Waals surface area contributed by atoms with E-state index in [1.54, 1.807) is 31.1 Å². The van der Waals surface area contributed by atoms with E-state index in [1.807, 2.05) is 30.3 Å². The molecule has 0 atom stereocenters. The van der Waals surface area contributed by atoms with Crippen molar-refractivity contribution in [1.82, 2.24) is 4.57 Å². The van der Waals surface area contributed by atoms with Gasteiger partial charge in [0.15, 0.2) is 11.5 Å². The van der Waals surface area contributed by atoms with Crippen LogP contribution < -0.4 is 15.0 Å². The Morgan fingerprint density at radius 2 is 1.88 bits per heavy atom. The van der Waals surface area contributed by atoms with Gasteiger partial charge >= 0.3 is 0 Å². The summed E-state index contributed by atoms with van der Waals surface area (Å²) in [6.07, 6.45) is 2.39. The molecule has 0 amide bonds. The van der Waals surface area contributed by atoms with E-state index in [-0.39, 0.29) is 5.56 Å². The van der Waals surface area contributed by atoms with Crippen molar-refractivity contribution in [3.63, 3.8) is 0 Å². The van der Waals surface area contributed by atoms with Crippen LogP contribution in [0.3, 0.4) is 0 Å². The maximum atomic E-state index is 12.5. The minimum atomic E-state index is -0.0284. The average Bonchev–Trinajstić information content (AvgIpc) is 3.14. The molecular formula is C19H17NO4. The summed E-state index contributed by atoms with van der Waals surface area (Å²) >= 11 is 0. The standard InChI is InChI=1S/C19H17NO4/c1-22-17-9-12-5-6-20-15(14(12)11-18(17)23-2)8-13(10-19(20)21)16-4-3-7-24-16/h3-4,7-11H,5-6H2,1-2H3. The fourth-order valence-corrected chi connectivity index (χ4v) is 3.23. The third-order valence-corrected chi connectivity index (χ3v) is 4.42. The van der Waals surface area contributed by atoms with Gasteiger partial charge in [-0.3, -0.25) is 4.79 Å². The highest BCUT2D eigenvalue weighted by molar-refractivity contribution is 5.74. The lowest BCUT2D eigenvalue weighted by Crippen LogP contribution is -2.25. The molecular weight excluding hydrogens is 306 g/mol. The highest BCUT2D eigenvalue weighted by Crippen LogP contribution is 2.38. The second-order valence-corrected chi connectivity index (χ2v) is 5.71. The minimum absolute atomic E-state index is 0.0284. The number of hydrogen-bond donors (Lipinski definition) is 0. The Morgan fingerprint density at radius 1 is 1.08 bits per heavy atom. The maximum Gasteiger partial charge on any atom is 0.251 e. The van der Waals surface area contributed by atoms with Crippen LogP contribution in [0.5, 0.6) is 11.5 Å². The lowest BCUT2D eigenvalue weighted by atomic mass is 9.95. The summed E-state index contributed by atoms with van der Waals surface area (Å²) < 4.78 is 18.0. The second kappa shape index (κ2) is 5.60. The van der Waals surface area contributed by atoms with E-state index in [0.717, 1.165) is 28.8 Å². The van der Waals surface area contributed by atoms with Gasteiger partial charge < -0.3 is 18.5 Å². The van der Waals surface area contributed by atoms with E-state index in [1.165, 1.54) is 0 Å². The molecule has 0 spiro atoms. The number of benzene rings is 1. The number of aryl methyl sites for hydroxylation is 1. The molecule has 122 valence electrons. The Morgan fingerprint density at radius 3 is 2.58 bits per heavy atom. The number of rotatable bonds is 3. The number of methoxy groups -OCH3 is 2. The van der Waals surface area contributed by atoms with Crippen LogP contribution in [-0.4, -0.2) is 18.8 Å². The van der Waals surface area contributed by atoms with Gasteiger partial charge in [0.05, 0.1) is 26.2 Å². The van der Waals surface area contributed by atoms with Crippen LogP contribution in [0.1, 0.15) is 5.56 Å². The Bertz CT molecular complexity index is 954. The first-order valence-corrected chi connectivity index (χ1v) is 7.75. The number of pyridine rings is 1. The van der Waals surface area contributed by atoms with Gasteiger partial charge in [0, 0.05) is 23.7 Å². The van der Waals surface area contributed by atoms with Gasteiger partial charge in [-0.1, -0.05) is 0 Å². The Balaban J connectivity index is 1.95. The molecule has 4 rings (SSSR count). The molecule has 0 fully saturated rings. The molecule has 0 unspecified atom stereocenters. The molecule has 0 saturated heterocycles. The van der Waals surface area contributed by atoms with Crippen LogP contribution in [0.15, 0.2) is 51.9 Å². The van der Waals surface area contributed by atoms with Crippen LogP contribution in [0.4, 0.5) is 0 Å². The average molecular weight is 323 g/mol. The normalized spacial score (nSPS) is 12.4. The van der Waals surface area contributed by atoms with E-state index < -0.39 is 0 Å². The lowest BCUT2D eigenvalue weighted by Gasteiger charge is -2.23. The third kappa shape index (κ3) is 2.21. The smallest absolute Gasteiger partial charge is 0.251 e. The van der Waals surface area contributed by atoms with Crippen molar-refractivity contribution in [3.8, 4) is 34.1 Å². The van der Waals surface area contributed by atoms with Crippen LogP contribution >= 0.6 is 0 Å². The fraction of sp³-hybridized carbons (Fsp3) is 0.211. The van der Waals surface area contributed by atoms with Gasteiger partial charge in [-0.05, 0) is 42.3 Å². The van der Waals surface area contributed by atoms with Gasteiger partial charge in [0.1, 0.15) is 5.76 Å². The SMILES string of the molecule is COc1cc2c(cc1OC)-c1cc(-c3ccco3)cc(=O)n1CC2. The zero-order chi connectivity index (χ0) is 16.7.